The quantitative estimate of drug-likeness (QED) is 0.658. The smallest absolute Gasteiger partial charge is 0.119 e. The SMILES string of the molecule is COc1cccc(C(NN)c2ccc(Cl)cc2)c1. The van der Waals surface area contributed by atoms with Crippen molar-refractivity contribution in [1.29, 1.82) is 0 Å². The highest BCUT2D eigenvalue weighted by molar-refractivity contribution is 6.30. The van der Waals surface area contributed by atoms with Gasteiger partial charge in [-0.05, 0) is 35.4 Å². The molecule has 0 aromatic heterocycles. The van der Waals surface area contributed by atoms with Gasteiger partial charge in [0.05, 0.1) is 13.2 Å². The maximum absolute atomic E-state index is 5.88. The molecule has 0 radical (unpaired) electrons. The van der Waals surface area contributed by atoms with Crippen LogP contribution in [-0.4, -0.2) is 7.11 Å². The fraction of sp³-hybridized carbons (Fsp3) is 0.143. The van der Waals surface area contributed by atoms with Crippen LogP contribution in [0.3, 0.4) is 0 Å². The van der Waals surface area contributed by atoms with Crippen LogP contribution in [0.25, 0.3) is 0 Å². The van der Waals surface area contributed by atoms with Gasteiger partial charge in [0.25, 0.3) is 0 Å². The average Bonchev–Trinajstić information content (AvgIpc) is 2.42. The van der Waals surface area contributed by atoms with E-state index in [-0.39, 0.29) is 6.04 Å². The second-order valence-electron chi connectivity index (χ2n) is 3.93. The Morgan fingerprint density at radius 2 is 1.83 bits per heavy atom. The van der Waals surface area contributed by atoms with E-state index in [0.717, 1.165) is 16.9 Å². The topological polar surface area (TPSA) is 47.3 Å². The molecule has 2 aromatic carbocycles. The Bertz CT molecular complexity index is 513. The predicted octanol–water partition coefficient (Wildman–Crippen LogP) is 2.90. The first-order chi connectivity index (χ1) is 8.74. The lowest BCUT2D eigenvalue weighted by Gasteiger charge is -2.17. The summed E-state index contributed by atoms with van der Waals surface area (Å²) in [4.78, 5) is 0. The highest BCUT2D eigenvalue weighted by atomic mass is 35.5. The van der Waals surface area contributed by atoms with Gasteiger partial charge in [0, 0.05) is 5.02 Å². The molecule has 0 saturated carbocycles. The maximum Gasteiger partial charge on any atom is 0.119 e. The molecule has 2 aromatic rings. The van der Waals surface area contributed by atoms with Crippen molar-refractivity contribution in [3.8, 4) is 5.75 Å². The minimum Gasteiger partial charge on any atom is -0.497 e. The molecule has 0 aliphatic heterocycles. The van der Waals surface area contributed by atoms with Gasteiger partial charge in [-0.1, -0.05) is 35.9 Å². The summed E-state index contributed by atoms with van der Waals surface area (Å²) in [6.07, 6.45) is 0. The van der Waals surface area contributed by atoms with Crippen molar-refractivity contribution in [2.75, 3.05) is 7.11 Å². The van der Waals surface area contributed by atoms with Gasteiger partial charge in [-0.15, -0.1) is 0 Å². The second kappa shape index (κ2) is 5.87. The predicted molar refractivity (Wildman–Crippen MR) is 73.6 cm³/mol. The van der Waals surface area contributed by atoms with E-state index in [9.17, 15) is 0 Å². The van der Waals surface area contributed by atoms with Crippen LogP contribution in [0.2, 0.25) is 5.02 Å². The first kappa shape index (κ1) is 12.9. The number of ether oxygens (including phenoxy) is 1. The molecular formula is C14H15ClN2O. The highest BCUT2D eigenvalue weighted by Crippen LogP contribution is 2.25. The van der Waals surface area contributed by atoms with E-state index >= 15 is 0 Å². The Morgan fingerprint density at radius 1 is 1.11 bits per heavy atom. The van der Waals surface area contributed by atoms with Crippen LogP contribution in [0, 0.1) is 0 Å². The number of benzene rings is 2. The summed E-state index contributed by atoms with van der Waals surface area (Å²) < 4.78 is 5.21. The first-order valence-corrected chi connectivity index (χ1v) is 5.98. The molecule has 0 saturated heterocycles. The first-order valence-electron chi connectivity index (χ1n) is 5.60. The fourth-order valence-electron chi connectivity index (χ4n) is 1.86. The standard InChI is InChI=1S/C14H15ClN2O/c1-18-13-4-2-3-11(9-13)14(17-16)10-5-7-12(15)8-6-10/h2-9,14,17H,16H2,1H3. The number of nitrogens with one attached hydrogen (secondary N) is 1. The Labute approximate surface area is 111 Å². The van der Waals surface area contributed by atoms with E-state index in [1.54, 1.807) is 7.11 Å². The molecule has 1 unspecified atom stereocenters. The lowest BCUT2D eigenvalue weighted by atomic mass is 9.99. The van der Waals surface area contributed by atoms with Crippen molar-refractivity contribution in [3.63, 3.8) is 0 Å². The van der Waals surface area contributed by atoms with E-state index in [0.29, 0.717) is 5.02 Å². The van der Waals surface area contributed by atoms with Gasteiger partial charge in [-0.2, -0.15) is 0 Å². The molecule has 0 bridgehead atoms. The zero-order valence-corrected chi connectivity index (χ0v) is 10.8. The molecule has 0 spiro atoms. The van der Waals surface area contributed by atoms with Gasteiger partial charge in [0.1, 0.15) is 5.75 Å². The molecule has 0 heterocycles. The zero-order chi connectivity index (χ0) is 13.0. The zero-order valence-electron chi connectivity index (χ0n) is 10.1. The van der Waals surface area contributed by atoms with Gasteiger partial charge in [0.2, 0.25) is 0 Å². The molecule has 3 nitrogen and oxygen atoms in total. The number of halogens is 1. The number of methoxy groups -OCH3 is 1. The highest BCUT2D eigenvalue weighted by Gasteiger charge is 2.12. The molecule has 1 atom stereocenters. The van der Waals surface area contributed by atoms with Crippen molar-refractivity contribution in [2.24, 2.45) is 5.84 Å². The van der Waals surface area contributed by atoms with Gasteiger partial charge in [-0.25, -0.2) is 5.43 Å². The normalized spacial score (nSPS) is 12.2. The van der Waals surface area contributed by atoms with E-state index in [1.165, 1.54) is 0 Å². The number of hydrazine groups is 1. The van der Waals surface area contributed by atoms with Crippen LogP contribution in [0.5, 0.6) is 5.75 Å². The monoisotopic (exact) mass is 262 g/mol. The molecule has 4 heteroatoms. The molecule has 3 N–H and O–H groups in total. The second-order valence-corrected chi connectivity index (χ2v) is 4.36. The van der Waals surface area contributed by atoms with Crippen molar-refractivity contribution < 1.29 is 4.74 Å². The summed E-state index contributed by atoms with van der Waals surface area (Å²) in [6, 6.07) is 15.3. The van der Waals surface area contributed by atoms with Crippen LogP contribution in [0.1, 0.15) is 17.2 Å². The molecule has 0 fully saturated rings. The van der Waals surface area contributed by atoms with Crippen molar-refractivity contribution in [2.45, 2.75) is 6.04 Å². The summed E-state index contributed by atoms with van der Waals surface area (Å²) in [5, 5.41) is 0.708. The van der Waals surface area contributed by atoms with Gasteiger partial charge >= 0.3 is 0 Å². The van der Waals surface area contributed by atoms with Crippen molar-refractivity contribution >= 4 is 11.6 Å². The maximum atomic E-state index is 5.88. The molecule has 0 amide bonds. The Kier molecular flexibility index (Phi) is 4.20. The number of nitrogens with two attached hydrogens (primary N) is 1. The average molecular weight is 263 g/mol. The third-order valence-corrected chi connectivity index (χ3v) is 3.05. The van der Waals surface area contributed by atoms with E-state index in [4.69, 9.17) is 22.2 Å². The summed E-state index contributed by atoms with van der Waals surface area (Å²) in [7, 11) is 1.65. The fourth-order valence-corrected chi connectivity index (χ4v) is 1.99. The molecule has 0 aliphatic rings. The summed E-state index contributed by atoms with van der Waals surface area (Å²) in [5.41, 5.74) is 4.90. The van der Waals surface area contributed by atoms with Gasteiger partial charge in [0.15, 0.2) is 0 Å². The van der Waals surface area contributed by atoms with E-state index in [2.05, 4.69) is 5.43 Å². The minimum atomic E-state index is -0.0858. The van der Waals surface area contributed by atoms with E-state index in [1.807, 2.05) is 48.5 Å². The molecule has 94 valence electrons. The van der Waals surface area contributed by atoms with Crippen LogP contribution in [0.15, 0.2) is 48.5 Å². The molecule has 18 heavy (non-hydrogen) atoms. The van der Waals surface area contributed by atoms with Crippen molar-refractivity contribution in [1.82, 2.24) is 5.43 Å². The third kappa shape index (κ3) is 2.82. The summed E-state index contributed by atoms with van der Waals surface area (Å²) >= 11 is 5.88. The lowest BCUT2D eigenvalue weighted by molar-refractivity contribution is 0.413. The Balaban J connectivity index is 2.35. The minimum absolute atomic E-state index is 0.0858. The van der Waals surface area contributed by atoms with Crippen LogP contribution < -0.4 is 16.0 Å². The number of hydrogen-bond donors (Lipinski definition) is 2. The largest absolute Gasteiger partial charge is 0.497 e. The van der Waals surface area contributed by atoms with E-state index < -0.39 is 0 Å². The lowest BCUT2D eigenvalue weighted by Crippen LogP contribution is -2.28. The third-order valence-electron chi connectivity index (χ3n) is 2.80. The van der Waals surface area contributed by atoms with Crippen LogP contribution in [-0.2, 0) is 0 Å². The van der Waals surface area contributed by atoms with Crippen LogP contribution >= 0.6 is 11.6 Å². The Hall–Kier alpha value is -1.55. The summed E-state index contributed by atoms with van der Waals surface area (Å²) in [6.45, 7) is 0. The molecular weight excluding hydrogens is 248 g/mol. The summed E-state index contributed by atoms with van der Waals surface area (Å²) in [5.74, 6) is 6.45. The molecule has 2 rings (SSSR count). The van der Waals surface area contributed by atoms with Crippen molar-refractivity contribution in [3.05, 3.63) is 64.7 Å². The Morgan fingerprint density at radius 3 is 2.44 bits per heavy atom. The number of rotatable bonds is 4. The molecule has 0 aliphatic carbocycles. The van der Waals surface area contributed by atoms with Gasteiger partial charge in [-0.3, -0.25) is 5.84 Å². The van der Waals surface area contributed by atoms with Gasteiger partial charge < -0.3 is 4.74 Å². The van der Waals surface area contributed by atoms with Crippen LogP contribution in [0.4, 0.5) is 0 Å². The number of hydrogen-bond acceptors (Lipinski definition) is 3.